The predicted octanol–water partition coefficient (Wildman–Crippen LogP) is 4.38. The van der Waals surface area contributed by atoms with Crippen LogP contribution in [0.1, 0.15) is 46.1 Å². The van der Waals surface area contributed by atoms with Crippen LogP contribution in [0.2, 0.25) is 0 Å². The van der Waals surface area contributed by atoms with E-state index in [-0.39, 0.29) is 6.04 Å². The minimum Gasteiger partial charge on any atom is -0.443 e. The lowest BCUT2D eigenvalue weighted by molar-refractivity contribution is -0.0731. The van der Waals surface area contributed by atoms with E-state index < -0.39 is 11.7 Å². The van der Waals surface area contributed by atoms with E-state index in [4.69, 9.17) is 4.74 Å². The van der Waals surface area contributed by atoms with Crippen LogP contribution < -0.4 is 0 Å². The van der Waals surface area contributed by atoms with Crippen LogP contribution in [-0.4, -0.2) is 40.2 Å². The number of benzene rings is 1. The second-order valence-corrected chi connectivity index (χ2v) is 7.18. The van der Waals surface area contributed by atoms with Gasteiger partial charge in [0.2, 0.25) is 0 Å². The van der Waals surface area contributed by atoms with Crippen LogP contribution in [0.3, 0.4) is 0 Å². The van der Waals surface area contributed by atoms with Gasteiger partial charge in [0.25, 0.3) is 0 Å². The Labute approximate surface area is 156 Å². The molecule has 0 saturated carbocycles. The highest BCUT2D eigenvalue weighted by molar-refractivity contribution is 5.68. The van der Waals surface area contributed by atoms with Crippen LogP contribution in [0.15, 0.2) is 49.1 Å². The van der Waals surface area contributed by atoms with E-state index in [0.29, 0.717) is 19.5 Å². The number of carbonyl (C=O) groups is 1. The first-order valence-electron chi connectivity index (χ1n) is 8.89. The molecule has 0 N–H and O–H groups in total. The first-order chi connectivity index (χ1) is 12.3. The Hall–Kier alpha value is -2.36. The Morgan fingerprint density at radius 3 is 2.50 bits per heavy atom. The molecule has 1 rings (SSSR count). The summed E-state index contributed by atoms with van der Waals surface area (Å²) in [4.78, 5) is 23.5. The lowest BCUT2D eigenvalue weighted by atomic mass is 10.2. The highest BCUT2D eigenvalue weighted by Gasteiger charge is 2.30. The molecule has 0 bridgehead atoms. The number of rotatable bonds is 9. The van der Waals surface area contributed by atoms with Crippen molar-refractivity contribution in [3.05, 3.63) is 54.6 Å². The molecule has 142 valence electrons. The summed E-state index contributed by atoms with van der Waals surface area (Å²) in [5.41, 5.74) is 0.482. The van der Waals surface area contributed by atoms with E-state index in [9.17, 15) is 9.59 Å². The second-order valence-electron chi connectivity index (χ2n) is 7.18. The van der Waals surface area contributed by atoms with Crippen LogP contribution in [-0.2, 0) is 16.1 Å². The van der Waals surface area contributed by atoms with Crippen molar-refractivity contribution in [3.63, 3.8) is 0 Å². The van der Waals surface area contributed by atoms with Crippen molar-refractivity contribution >= 4 is 12.0 Å². The highest BCUT2D eigenvalue weighted by atomic mass is 16.6. The molecule has 0 radical (unpaired) electrons. The summed E-state index contributed by atoms with van der Waals surface area (Å²) in [5, 5.41) is 3.56. The zero-order chi connectivity index (χ0) is 19.6. The van der Waals surface area contributed by atoms with Gasteiger partial charge < -0.3 is 4.74 Å². The molecule has 0 fully saturated rings. The number of hydrogen-bond donors (Lipinski definition) is 0. The minimum absolute atomic E-state index is 0.236. The number of amides is 1. The van der Waals surface area contributed by atoms with Gasteiger partial charge in [-0.1, -0.05) is 36.4 Å². The molecule has 5 heteroatoms. The molecule has 1 amide bonds. The highest BCUT2D eigenvalue weighted by Crippen LogP contribution is 2.19. The average Bonchev–Trinajstić information content (AvgIpc) is 2.57. The van der Waals surface area contributed by atoms with Crippen molar-refractivity contribution in [2.45, 2.75) is 58.7 Å². The van der Waals surface area contributed by atoms with E-state index in [2.05, 4.69) is 6.58 Å². The summed E-state index contributed by atoms with van der Waals surface area (Å²) < 4.78 is 5.61. The van der Waals surface area contributed by atoms with Crippen molar-refractivity contribution < 1.29 is 14.3 Å². The van der Waals surface area contributed by atoms with Gasteiger partial charge in [-0.3, -0.25) is 0 Å². The van der Waals surface area contributed by atoms with E-state index in [0.717, 1.165) is 12.0 Å². The normalized spacial score (nSPS) is 12.2. The minimum atomic E-state index is -0.605. The molecule has 0 saturated heterocycles. The summed E-state index contributed by atoms with van der Waals surface area (Å²) in [6.07, 6.45) is 3.92. The monoisotopic (exact) mass is 358 g/mol. The maximum absolute atomic E-state index is 12.9. The van der Waals surface area contributed by atoms with Gasteiger partial charge in [0.1, 0.15) is 11.5 Å². The van der Waals surface area contributed by atoms with Crippen LogP contribution in [0, 0.1) is 0 Å². The van der Waals surface area contributed by atoms with Crippen LogP contribution in [0.4, 0.5) is 4.79 Å². The topological polar surface area (TPSA) is 49.9 Å². The molecule has 0 aliphatic carbocycles. The summed E-state index contributed by atoms with van der Waals surface area (Å²) in [6.45, 7) is 12.4. The first kappa shape index (κ1) is 21.7. The summed E-state index contributed by atoms with van der Waals surface area (Å²) in [5.74, 6) is 1.78. The third-order valence-electron chi connectivity index (χ3n) is 3.64. The van der Waals surface area contributed by atoms with Gasteiger partial charge in [0, 0.05) is 19.2 Å². The number of ether oxygens (including phenoxy) is 1. The standard InChI is InChI=1S/C21H30N2O3/c1-6-7-15-22(17-19-13-9-8-10-14-19)23(18(2)12-11-16-24)20(25)26-21(3,4)5/h6,8-11,13-14,18H,1,7,12,15,17H2,2-5H3. The Balaban J connectivity index is 3.13. The van der Waals surface area contributed by atoms with Crippen LogP contribution >= 0.6 is 0 Å². The molecular formula is C21H30N2O3. The summed E-state index contributed by atoms with van der Waals surface area (Å²) >= 11 is 0. The SMILES string of the molecule is C=CCCN(Cc1ccccc1)N(C(=O)OC(C)(C)C)C(C)CC=C=O. The fraction of sp³-hybridized carbons (Fsp3) is 0.476. The number of nitrogens with zero attached hydrogens (tertiary/aromatic N) is 2. The molecule has 0 aliphatic rings. The van der Waals surface area contributed by atoms with Gasteiger partial charge in [-0.15, -0.1) is 6.58 Å². The second kappa shape index (κ2) is 10.6. The molecule has 26 heavy (non-hydrogen) atoms. The fourth-order valence-electron chi connectivity index (χ4n) is 2.50. The predicted molar refractivity (Wildman–Crippen MR) is 104 cm³/mol. The molecule has 1 atom stereocenters. The lowest BCUT2D eigenvalue weighted by Gasteiger charge is -2.39. The molecule has 1 unspecified atom stereocenters. The maximum atomic E-state index is 12.9. The van der Waals surface area contributed by atoms with E-state index in [1.165, 1.54) is 6.08 Å². The quantitative estimate of drug-likeness (QED) is 0.373. The largest absolute Gasteiger partial charge is 0.443 e. The molecule has 5 nitrogen and oxygen atoms in total. The van der Waals surface area contributed by atoms with Gasteiger partial charge in [0.05, 0.1) is 6.04 Å². The van der Waals surface area contributed by atoms with Crippen molar-refractivity contribution in [2.24, 2.45) is 0 Å². The smallest absolute Gasteiger partial charge is 0.425 e. The Morgan fingerprint density at radius 2 is 1.96 bits per heavy atom. The first-order valence-corrected chi connectivity index (χ1v) is 8.89. The van der Waals surface area contributed by atoms with E-state index in [1.54, 1.807) is 11.0 Å². The third-order valence-corrected chi connectivity index (χ3v) is 3.64. The zero-order valence-corrected chi connectivity index (χ0v) is 16.3. The number of carbonyl (C=O) groups excluding carboxylic acids is 2. The molecule has 1 aromatic carbocycles. The van der Waals surface area contributed by atoms with Crippen molar-refractivity contribution in [1.29, 1.82) is 0 Å². The zero-order valence-electron chi connectivity index (χ0n) is 16.3. The van der Waals surface area contributed by atoms with E-state index >= 15 is 0 Å². The fourth-order valence-corrected chi connectivity index (χ4v) is 2.50. The van der Waals surface area contributed by atoms with Gasteiger partial charge in [-0.05, 0) is 46.1 Å². The van der Waals surface area contributed by atoms with Gasteiger partial charge >= 0.3 is 6.09 Å². The van der Waals surface area contributed by atoms with Crippen LogP contribution in [0.25, 0.3) is 0 Å². The summed E-state index contributed by atoms with van der Waals surface area (Å²) in [7, 11) is 0. The van der Waals surface area contributed by atoms with E-state index in [1.807, 2.05) is 69.1 Å². The number of hydrogen-bond acceptors (Lipinski definition) is 4. The molecule has 0 aliphatic heterocycles. The summed E-state index contributed by atoms with van der Waals surface area (Å²) in [6, 6.07) is 9.70. The molecule has 0 aromatic heterocycles. The molecule has 1 aromatic rings. The van der Waals surface area contributed by atoms with Crippen molar-refractivity contribution in [3.8, 4) is 0 Å². The van der Waals surface area contributed by atoms with Crippen molar-refractivity contribution in [2.75, 3.05) is 6.54 Å². The molecule has 0 heterocycles. The molecule has 0 spiro atoms. The maximum Gasteiger partial charge on any atom is 0.425 e. The van der Waals surface area contributed by atoms with Gasteiger partial charge in [-0.2, -0.15) is 0 Å². The average molecular weight is 358 g/mol. The Morgan fingerprint density at radius 1 is 1.31 bits per heavy atom. The Bertz CT molecular complexity index is 616. The van der Waals surface area contributed by atoms with Crippen molar-refractivity contribution in [1.82, 2.24) is 10.0 Å². The van der Waals surface area contributed by atoms with Gasteiger partial charge in [-0.25, -0.2) is 19.6 Å². The van der Waals surface area contributed by atoms with Gasteiger partial charge in [0.15, 0.2) is 0 Å². The van der Waals surface area contributed by atoms with Crippen LogP contribution in [0.5, 0.6) is 0 Å². The lowest BCUT2D eigenvalue weighted by Crippen LogP contribution is -2.52. The molecular weight excluding hydrogens is 328 g/mol. The Kier molecular flexibility index (Phi) is 8.83. The number of hydrazine groups is 1. The third kappa shape index (κ3) is 7.68.